The molecule has 0 saturated carbocycles. The highest BCUT2D eigenvalue weighted by molar-refractivity contribution is 6.21. The van der Waals surface area contributed by atoms with Crippen molar-refractivity contribution in [1.29, 1.82) is 0 Å². The highest BCUT2D eigenvalue weighted by Gasteiger charge is 2.17. The molecule has 0 atom stereocenters. The minimum absolute atomic E-state index is 0.0341. The van der Waals surface area contributed by atoms with Gasteiger partial charge in [0.25, 0.3) is 5.69 Å². The Labute approximate surface area is 127 Å². The van der Waals surface area contributed by atoms with Gasteiger partial charge in [0.05, 0.1) is 16.1 Å². The van der Waals surface area contributed by atoms with E-state index in [4.69, 9.17) is 0 Å². The van der Waals surface area contributed by atoms with Crippen LogP contribution in [0.2, 0.25) is 0 Å². The molecule has 0 aliphatic rings. The first-order chi connectivity index (χ1) is 10.4. The minimum Gasteiger partial charge on any atom is -0.478 e. The topological polar surface area (TPSA) is 80.4 Å². The van der Waals surface area contributed by atoms with Crippen molar-refractivity contribution >= 4 is 23.3 Å². The fraction of sp³-hybridized carbons (Fsp3) is 0.118. The minimum atomic E-state index is -1.12. The molecule has 0 amide bonds. The van der Waals surface area contributed by atoms with Crippen LogP contribution >= 0.6 is 0 Å². The second-order valence-electron chi connectivity index (χ2n) is 5.00. The van der Waals surface area contributed by atoms with E-state index < -0.39 is 10.9 Å². The van der Waals surface area contributed by atoms with E-state index in [-0.39, 0.29) is 16.8 Å². The van der Waals surface area contributed by atoms with E-state index >= 15 is 0 Å². The summed E-state index contributed by atoms with van der Waals surface area (Å²) in [7, 11) is 0. The second kappa shape index (κ2) is 6.22. The molecule has 1 N–H and O–H groups in total. The SMILES string of the molecule is Cc1ccc(/C(=C/c2ccccc2[N+](=O)[O-])C(=O)O)c(C)c1. The highest BCUT2D eigenvalue weighted by Crippen LogP contribution is 2.27. The number of carboxylic acid groups (broad SMARTS) is 1. The summed E-state index contributed by atoms with van der Waals surface area (Å²) < 4.78 is 0. The van der Waals surface area contributed by atoms with Crippen LogP contribution in [-0.4, -0.2) is 16.0 Å². The molecule has 0 bridgehead atoms. The third-order valence-electron chi connectivity index (χ3n) is 3.34. The number of nitro benzene ring substituents is 1. The zero-order chi connectivity index (χ0) is 16.3. The van der Waals surface area contributed by atoms with Gasteiger partial charge in [-0.3, -0.25) is 10.1 Å². The molecule has 112 valence electrons. The lowest BCUT2D eigenvalue weighted by atomic mass is 9.96. The molecule has 22 heavy (non-hydrogen) atoms. The fourth-order valence-electron chi connectivity index (χ4n) is 2.30. The Morgan fingerprint density at radius 2 is 1.86 bits per heavy atom. The summed E-state index contributed by atoms with van der Waals surface area (Å²) in [5.41, 5.74) is 2.57. The normalized spacial score (nSPS) is 11.3. The van der Waals surface area contributed by atoms with Crippen LogP contribution in [0.1, 0.15) is 22.3 Å². The van der Waals surface area contributed by atoms with Crippen LogP contribution in [0, 0.1) is 24.0 Å². The Morgan fingerprint density at radius 3 is 2.45 bits per heavy atom. The molecule has 0 fully saturated rings. The zero-order valence-corrected chi connectivity index (χ0v) is 12.2. The first-order valence-electron chi connectivity index (χ1n) is 6.66. The third-order valence-corrected chi connectivity index (χ3v) is 3.34. The molecule has 0 radical (unpaired) electrons. The van der Waals surface area contributed by atoms with E-state index in [1.165, 1.54) is 18.2 Å². The lowest BCUT2D eigenvalue weighted by Gasteiger charge is -2.08. The predicted molar refractivity (Wildman–Crippen MR) is 84.5 cm³/mol. The van der Waals surface area contributed by atoms with Crippen molar-refractivity contribution < 1.29 is 14.8 Å². The van der Waals surface area contributed by atoms with E-state index in [2.05, 4.69) is 0 Å². The number of benzene rings is 2. The summed E-state index contributed by atoms with van der Waals surface area (Å²) >= 11 is 0. The van der Waals surface area contributed by atoms with E-state index in [0.29, 0.717) is 5.56 Å². The van der Waals surface area contributed by atoms with Gasteiger partial charge in [0.2, 0.25) is 0 Å². The summed E-state index contributed by atoms with van der Waals surface area (Å²) in [6.45, 7) is 3.74. The number of hydrogen-bond acceptors (Lipinski definition) is 3. The van der Waals surface area contributed by atoms with Gasteiger partial charge in [-0.25, -0.2) is 4.79 Å². The number of carboxylic acids is 1. The van der Waals surface area contributed by atoms with Gasteiger partial charge in [-0.15, -0.1) is 0 Å². The number of aliphatic carboxylic acids is 1. The summed E-state index contributed by atoms with van der Waals surface area (Å²) in [5.74, 6) is -1.12. The average molecular weight is 297 g/mol. The molecule has 0 aromatic heterocycles. The largest absolute Gasteiger partial charge is 0.478 e. The average Bonchev–Trinajstić information content (AvgIpc) is 2.45. The van der Waals surface area contributed by atoms with Gasteiger partial charge in [-0.2, -0.15) is 0 Å². The molecule has 0 aliphatic heterocycles. The van der Waals surface area contributed by atoms with Gasteiger partial charge >= 0.3 is 5.97 Å². The number of rotatable bonds is 4. The molecule has 2 rings (SSSR count). The third kappa shape index (κ3) is 3.20. The number of para-hydroxylation sites is 1. The summed E-state index contributed by atoms with van der Waals surface area (Å²) in [6, 6.07) is 11.5. The molecule has 0 spiro atoms. The standard InChI is InChI=1S/C17H15NO4/c1-11-7-8-14(12(2)9-11)15(17(19)20)10-13-5-3-4-6-16(13)18(21)22/h3-10H,1-2H3,(H,19,20)/b15-10-. The van der Waals surface area contributed by atoms with Gasteiger partial charge in [-0.05, 0) is 37.1 Å². The van der Waals surface area contributed by atoms with Crippen LogP contribution in [-0.2, 0) is 4.79 Å². The van der Waals surface area contributed by atoms with Crippen molar-refractivity contribution in [2.45, 2.75) is 13.8 Å². The Morgan fingerprint density at radius 1 is 1.18 bits per heavy atom. The van der Waals surface area contributed by atoms with Crippen molar-refractivity contribution in [2.24, 2.45) is 0 Å². The van der Waals surface area contributed by atoms with Gasteiger partial charge in [0.1, 0.15) is 0 Å². The first kappa shape index (κ1) is 15.4. The van der Waals surface area contributed by atoms with Crippen molar-refractivity contribution in [2.75, 3.05) is 0 Å². The Balaban J connectivity index is 2.63. The zero-order valence-electron chi connectivity index (χ0n) is 12.2. The van der Waals surface area contributed by atoms with Gasteiger partial charge in [-0.1, -0.05) is 35.9 Å². The molecule has 0 unspecified atom stereocenters. The van der Waals surface area contributed by atoms with Crippen LogP contribution in [0.3, 0.4) is 0 Å². The van der Waals surface area contributed by atoms with Crippen LogP contribution in [0.15, 0.2) is 42.5 Å². The van der Waals surface area contributed by atoms with Crippen LogP contribution in [0.4, 0.5) is 5.69 Å². The van der Waals surface area contributed by atoms with Crippen LogP contribution in [0.25, 0.3) is 11.6 Å². The van der Waals surface area contributed by atoms with Crippen LogP contribution < -0.4 is 0 Å². The van der Waals surface area contributed by atoms with E-state index in [1.54, 1.807) is 18.2 Å². The first-order valence-corrected chi connectivity index (χ1v) is 6.66. The van der Waals surface area contributed by atoms with Gasteiger partial charge in [0.15, 0.2) is 0 Å². The van der Waals surface area contributed by atoms with Crippen molar-refractivity contribution in [1.82, 2.24) is 0 Å². The molecule has 5 heteroatoms. The molecule has 2 aromatic carbocycles. The number of nitrogens with zero attached hydrogens (tertiary/aromatic N) is 1. The van der Waals surface area contributed by atoms with Crippen LogP contribution in [0.5, 0.6) is 0 Å². The maximum absolute atomic E-state index is 11.6. The summed E-state index contributed by atoms with van der Waals surface area (Å²) in [5, 5.41) is 20.5. The molecular formula is C17H15NO4. The van der Waals surface area contributed by atoms with E-state index in [1.807, 2.05) is 26.0 Å². The van der Waals surface area contributed by atoms with E-state index in [9.17, 15) is 20.0 Å². The molecule has 2 aromatic rings. The molecule has 5 nitrogen and oxygen atoms in total. The Bertz CT molecular complexity index is 778. The number of hydrogen-bond donors (Lipinski definition) is 1. The Kier molecular flexibility index (Phi) is 4.36. The summed E-state index contributed by atoms with van der Waals surface area (Å²) in [6.07, 6.45) is 1.35. The maximum Gasteiger partial charge on any atom is 0.336 e. The monoisotopic (exact) mass is 297 g/mol. The summed E-state index contributed by atoms with van der Waals surface area (Å²) in [4.78, 5) is 22.1. The van der Waals surface area contributed by atoms with Crippen molar-refractivity contribution in [3.63, 3.8) is 0 Å². The highest BCUT2D eigenvalue weighted by atomic mass is 16.6. The molecular weight excluding hydrogens is 282 g/mol. The predicted octanol–water partition coefficient (Wildman–Crippen LogP) is 3.84. The van der Waals surface area contributed by atoms with Crippen molar-refractivity contribution in [3.05, 3.63) is 74.8 Å². The quantitative estimate of drug-likeness (QED) is 0.402. The number of aryl methyl sites for hydroxylation is 2. The lowest BCUT2D eigenvalue weighted by Crippen LogP contribution is -2.02. The molecule has 0 aliphatic carbocycles. The number of nitro groups is 1. The van der Waals surface area contributed by atoms with Crippen molar-refractivity contribution in [3.8, 4) is 0 Å². The van der Waals surface area contributed by atoms with Gasteiger partial charge < -0.3 is 5.11 Å². The fourth-order valence-corrected chi connectivity index (χ4v) is 2.30. The Hall–Kier alpha value is -2.95. The van der Waals surface area contributed by atoms with E-state index in [0.717, 1.165) is 11.1 Å². The molecule has 0 saturated heterocycles. The lowest BCUT2D eigenvalue weighted by molar-refractivity contribution is -0.385. The second-order valence-corrected chi connectivity index (χ2v) is 5.00. The smallest absolute Gasteiger partial charge is 0.336 e. The number of carbonyl (C=O) groups is 1. The maximum atomic E-state index is 11.6. The van der Waals surface area contributed by atoms with Gasteiger partial charge in [0, 0.05) is 6.07 Å². The molecule has 0 heterocycles.